The Morgan fingerprint density at radius 3 is 1.97 bits per heavy atom. The van der Waals surface area contributed by atoms with Crippen molar-refractivity contribution in [3.63, 3.8) is 0 Å². The van der Waals surface area contributed by atoms with E-state index in [0.29, 0.717) is 0 Å². The van der Waals surface area contributed by atoms with Crippen molar-refractivity contribution in [2.45, 2.75) is 77.2 Å². The van der Waals surface area contributed by atoms with Crippen LogP contribution >= 0.6 is 12.2 Å². The third kappa shape index (κ3) is 4.31. The van der Waals surface area contributed by atoms with Gasteiger partial charge < -0.3 is 20.4 Å². The Morgan fingerprint density at radius 1 is 0.882 bits per heavy atom. The van der Waals surface area contributed by atoms with Gasteiger partial charge in [-0.05, 0) is 130 Å². The Hall–Kier alpha value is -1.82. The van der Waals surface area contributed by atoms with Gasteiger partial charge in [-0.2, -0.15) is 0 Å². The maximum atomic E-state index is 13.4. The van der Waals surface area contributed by atoms with Gasteiger partial charge in [-0.3, -0.25) is 0 Å². The molecule has 4 saturated carbocycles. The first kappa shape index (κ1) is 22.6. The van der Waals surface area contributed by atoms with Crippen LogP contribution in [0.25, 0.3) is 0 Å². The van der Waals surface area contributed by atoms with Gasteiger partial charge >= 0.3 is 6.03 Å². The molecule has 0 radical (unpaired) electrons. The molecule has 184 valence electrons. The molecular weight excluding hydrogens is 440 g/mol. The average Bonchev–Trinajstić information content (AvgIpc) is 3.16. The Morgan fingerprint density at radius 2 is 1.41 bits per heavy atom. The van der Waals surface area contributed by atoms with Gasteiger partial charge in [-0.25, -0.2) is 4.79 Å². The molecule has 1 aromatic rings. The van der Waals surface area contributed by atoms with Gasteiger partial charge in [0.05, 0.1) is 0 Å². The van der Waals surface area contributed by atoms with Gasteiger partial charge in [-0.1, -0.05) is 6.07 Å². The van der Waals surface area contributed by atoms with E-state index in [0.717, 1.165) is 74.0 Å². The quantitative estimate of drug-likeness (QED) is 0.552. The van der Waals surface area contributed by atoms with Crippen LogP contribution in [-0.4, -0.2) is 52.7 Å². The van der Waals surface area contributed by atoms with Crippen molar-refractivity contribution in [3.05, 3.63) is 29.3 Å². The molecule has 2 amide bonds. The third-order valence-corrected chi connectivity index (χ3v) is 10.1. The van der Waals surface area contributed by atoms with Gasteiger partial charge in [0.1, 0.15) is 0 Å². The van der Waals surface area contributed by atoms with Gasteiger partial charge in [-0.15, -0.1) is 0 Å². The molecule has 1 aromatic carbocycles. The van der Waals surface area contributed by atoms with Crippen molar-refractivity contribution in [2.24, 2.45) is 23.2 Å². The van der Waals surface area contributed by atoms with Crippen LogP contribution in [0.15, 0.2) is 18.2 Å². The molecule has 2 heterocycles. The van der Waals surface area contributed by atoms with Crippen molar-refractivity contribution in [3.8, 4) is 0 Å². The highest BCUT2D eigenvalue weighted by molar-refractivity contribution is 7.80. The van der Waals surface area contributed by atoms with Crippen LogP contribution in [0.4, 0.5) is 10.5 Å². The second-order valence-electron chi connectivity index (χ2n) is 12.6. The zero-order chi connectivity index (χ0) is 23.5. The van der Waals surface area contributed by atoms with Gasteiger partial charge in [0.25, 0.3) is 0 Å². The number of carbonyl (C=O) groups excluding carboxylic acids is 1. The lowest BCUT2D eigenvalue weighted by atomic mass is 9.53. The molecule has 0 atom stereocenters. The number of aryl methyl sites for hydroxylation is 2. The van der Waals surface area contributed by atoms with Crippen LogP contribution in [0, 0.1) is 37.0 Å². The van der Waals surface area contributed by atoms with E-state index in [4.69, 9.17) is 12.2 Å². The van der Waals surface area contributed by atoms with Crippen LogP contribution in [-0.2, 0) is 0 Å². The van der Waals surface area contributed by atoms with E-state index in [1.54, 1.807) is 0 Å². The van der Waals surface area contributed by atoms with Crippen molar-refractivity contribution in [2.75, 3.05) is 31.5 Å². The maximum absolute atomic E-state index is 13.4. The highest BCUT2D eigenvalue weighted by Gasteiger charge is 2.52. The first-order valence-corrected chi connectivity index (χ1v) is 13.9. The average molecular weight is 481 g/mol. The number of thiocarbonyl (C=S) groups is 1. The molecule has 2 N–H and O–H groups in total. The number of anilines is 1. The normalized spacial score (nSPS) is 33.4. The number of carbonyl (C=O) groups is 1. The van der Waals surface area contributed by atoms with E-state index >= 15 is 0 Å². The lowest BCUT2D eigenvalue weighted by Crippen LogP contribution is -2.61. The van der Waals surface area contributed by atoms with Crippen LogP contribution in [0.3, 0.4) is 0 Å². The molecule has 0 unspecified atom stereocenters. The fourth-order valence-electron chi connectivity index (χ4n) is 8.52. The summed E-state index contributed by atoms with van der Waals surface area (Å²) in [5.41, 5.74) is 3.96. The predicted octanol–water partition coefficient (Wildman–Crippen LogP) is 5.47. The predicted molar refractivity (Wildman–Crippen MR) is 141 cm³/mol. The summed E-state index contributed by atoms with van der Waals surface area (Å²) in [6, 6.07) is 6.71. The Bertz CT molecular complexity index is 927. The molecule has 34 heavy (non-hydrogen) atoms. The summed E-state index contributed by atoms with van der Waals surface area (Å²) in [4.78, 5) is 17.8. The van der Waals surface area contributed by atoms with Crippen LogP contribution in [0.1, 0.15) is 68.9 Å². The summed E-state index contributed by atoms with van der Waals surface area (Å²) in [5.74, 6) is 2.59. The van der Waals surface area contributed by atoms with Gasteiger partial charge in [0.15, 0.2) is 5.11 Å². The first-order chi connectivity index (χ1) is 16.3. The third-order valence-electron chi connectivity index (χ3n) is 9.72. The fraction of sp³-hybridized carbons (Fsp3) is 0.714. The Balaban J connectivity index is 1.02. The molecule has 4 aliphatic carbocycles. The number of hydrogen-bond acceptors (Lipinski definition) is 2. The number of nitrogens with zero attached hydrogens (tertiary/aromatic N) is 2. The van der Waals surface area contributed by atoms with Crippen LogP contribution < -0.4 is 10.6 Å². The van der Waals surface area contributed by atoms with Crippen molar-refractivity contribution >= 4 is 29.0 Å². The largest absolute Gasteiger partial charge is 0.349 e. The minimum Gasteiger partial charge on any atom is -0.349 e. The minimum absolute atomic E-state index is 0.108. The molecule has 2 saturated heterocycles. The number of likely N-dealkylation sites (tertiary alicyclic amines) is 2. The number of benzene rings is 1. The molecule has 6 aliphatic rings. The van der Waals surface area contributed by atoms with E-state index in [2.05, 4.69) is 52.5 Å². The Kier molecular flexibility index (Phi) is 5.58. The van der Waals surface area contributed by atoms with Crippen molar-refractivity contribution in [1.82, 2.24) is 15.1 Å². The zero-order valence-corrected chi connectivity index (χ0v) is 21.7. The lowest BCUT2D eigenvalue weighted by molar-refractivity contribution is -0.0155. The summed E-state index contributed by atoms with van der Waals surface area (Å²) in [6.45, 7) is 8.01. The summed E-state index contributed by atoms with van der Waals surface area (Å²) < 4.78 is 0. The monoisotopic (exact) mass is 480 g/mol. The topological polar surface area (TPSA) is 47.6 Å². The number of nitrogens with one attached hydrogen (secondary N) is 2. The molecule has 4 bridgehead atoms. The molecule has 6 fully saturated rings. The lowest BCUT2D eigenvalue weighted by Gasteiger charge is -2.57. The van der Waals surface area contributed by atoms with E-state index < -0.39 is 0 Å². The Labute approximate surface area is 210 Å². The highest BCUT2D eigenvalue weighted by atomic mass is 32.1. The SMILES string of the molecule is Cc1cc(C)cc(NC(=S)N2CCC3(CCN(C(=O)NC45CC6CC(CC(C6)C4)C5)C3)CC2)c1. The second kappa shape index (κ2) is 8.39. The van der Waals surface area contributed by atoms with Crippen LogP contribution in [0.5, 0.6) is 0 Å². The molecule has 0 aromatic heterocycles. The smallest absolute Gasteiger partial charge is 0.317 e. The standard InChI is InChI=1S/C28H40N4OS/c1-19-9-20(2)11-24(10-19)29-26(34)31-6-3-27(4-7-31)5-8-32(18-27)25(33)30-28-15-21-12-22(16-28)14-23(13-21)17-28/h9-11,21-23H,3-8,12-18H2,1-2H3,(H,29,34)(H,30,33). The summed E-state index contributed by atoms with van der Waals surface area (Å²) in [5, 5.41) is 7.88. The van der Waals surface area contributed by atoms with E-state index in [9.17, 15) is 4.79 Å². The van der Waals surface area contributed by atoms with Crippen LogP contribution in [0.2, 0.25) is 0 Å². The van der Waals surface area contributed by atoms with Crippen molar-refractivity contribution < 1.29 is 4.79 Å². The number of rotatable bonds is 2. The zero-order valence-electron chi connectivity index (χ0n) is 20.9. The number of piperidine rings is 1. The number of hydrogen-bond donors (Lipinski definition) is 2. The van der Waals surface area contributed by atoms with Gasteiger partial charge in [0, 0.05) is 37.4 Å². The molecular formula is C28H40N4OS. The van der Waals surface area contributed by atoms with E-state index in [1.165, 1.54) is 49.7 Å². The fourth-order valence-corrected chi connectivity index (χ4v) is 8.82. The molecule has 1 spiro atoms. The number of urea groups is 1. The summed E-state index contributed by atoms with van der Waals surface area (Å²) in [7, 11) is 0. The van der Waals surface area contributed by atoms with E-state index in [-0.39, 0.29) is 17.0 Å². The second-order valence-corrected chi connectivity index (χ2v) is 13.0. The molecule has 7 rings (SSSR count). The first-order valence-electron chi connectivity index (χ1n) is 13.5. The molecule has 2 aliphatic heterocycles. The number of amides is 2. The minimum atomic E-state index is 0.108. The van der Waals surface area contributed by atoms with Gasteiger partial charge in [0.2, 0.25) is 0 Å². The summed E-state index contributed by atoms with van der Waals surface area (Å²) in [6.07, 6.45) is 11.3. The highest BCUT2D eigenvalue weighted by Crippen LogP contribution is 2.55. The molecule has 5 nitrogen and oxygen atoms in total. The van der Waals surface area contributed by atoms with Crippen molar-refractivity contribution in [1.29, 1.82) is 0 Å². The molecule has 6 heteroatoms. The van der Waals surface area contributed by atoms with E-state index in [1.807, 2.05) is 0 Å². The maximum Gasteiger partial charge on any atom is 0.317 e. The summed E-state index contributed by atoms with van der Waals surface area (Å²) >= 11 is 5.76.